The Kier molecular flexibility index (Phi) is 8.89. The van der Waals surface area contributed by atoms with Gasteiger partial charge in [-0.3, -0.25) is 0 Å². The molecule has 0 aromatic heterocycles. The smallest absolute Gasteiger partial charge is 0.338 e. The van der Waals surface area contributed by atoms with Crippen molar-refractivity contribution in [2.45, 2.75) is 63.2 Å². The van der Waals surface area contributed by atoms with Crippen molar-refractivity contribution in [3.05, 3.63) is 107 Å². The molecule has 0 amide bonds. The third-order valence-corrected chi connectivity index (χ3v) is 12.3. The summed E-state index contributed by atoms with van der Waals surface area (Å²) in [5.41, 5.74) is 9.81. The third kappa shape index (κ3) is 5.93. The number of rotatable bonds is 8. The molecule has 4 rings (SSSR count). The van der Waals surface area contributed by atoms with Crippen molar-refractivity contribution in [2.24, 2.45) is 5.11 Å². The Bertz CT molecular complexity index is 1240. The predicted molar refractivity (Wildman–Crippen MR) is 152 cm³/mol. The summed E-state index contributed by atoms with van der Waals surface area (Å²) in [5.74, 6) is -0.513. The van der Waals surface area contributed by atoms with Crippen LogP contribution in [0.4, 0.5) is 0 Å². The van der Waals surface area contributed by atoms with Gasteiger partial charge in [-0.15, -0.1) is 0 Å². The number of aliphatic hydroxyl groups excluding tert-OH is 1. The second-order valence-electron chi connectivity index (χ2n) is 10.8. The van der Waals surface area contributed by atoms with Crippen LogP contribution in [0.1, 0.15) is 38.1 Å². The lowest BCUT2D eigenvalue weighted by Gasteiger charge is -2.50. The lowest BCUT2D eigenvalue weighted by Crippen LogP contribution is -2.71. The Morgan fingerprint density at radius 3 is 1.97 bits per heavy atom. The van der Waals surface area contributed by atoms with E-state index < -0.39 is 44.7 Å². The van der Waals surface area contributed by atoms with Crippen LogP contribution in [0.15, 0.2) is 96.1 Å². The maximum Gasteiger partial charge on any atom is 0.338 e. The standard InChI is InChI=1S/C30H35N3O5Si/c1-21-26(32-33-31)28(27(34)25(37-21)20-36-29(35)22-14-8-5-9-15-22)38-39(30(2,3)4,23-16-10-6-11-17-23)24-18-12-7-13-19-24/h5-19,21,25-28,34H,20H2,1-4H3/t21-,25?,26?,27-,28+/m0/s1. The summed E-state index contributed by atoms with van der Waals surface area (Å²) in [7, 11) is -3.11. The van der Waals surface area contributed by atoms with Gasteiger partial charge in [-0.05, 0) is 40.0 Å². The zero-order valence-electron chi connectivity index (χ0n) is 22.7. The molecule has 1 heterocycles. The molecule has 0 radical (unpaired) electrons. The summed E-state index contributed by atoms with van der Waals surface area (Å²) in [4.78, 5) is 15.7. The largest absolute Gasteiger partial charge is 0.459 e. The third-order valence-electron chi connectivity index (χ3n) is 7.23. The van der Waals surface area contributed by atoms with Gasteiger partial charge in [0.05, 0.1) is 23.8 Å². The van der Waals surface area contributed by atoms with Crippen molar-refractivity contribution < 1.29 is 23.8 Å². The molecule has 2 unspecified atom stereocenters. The van der Waals surface area contributed by atoms with Crippen molar-refractivity contribution in [1.82, 2.24) is 0 Å². The minimum absolute atomic E-state index is 0.178. The summed E-state index contributed by atoms with van der Waals surface area (Å²) in [6.45, 7) is 8.00. The van der Waals surface area contributed by atoms with Crippen LogP contribution in [0.2, 0.25) is 5.04 Å². The number of ether oxygens (including phenoxy) is 2. The van der Waals surface area contributed by atoms with Crippen LogP contribution in [-0.2, 0) is 13.9 Å². The fourth-order valence-electron chi connectivity index (χ4n) is 5.32. The summed E-state index contributed by atoms with van der Waals surface area (Å²) < 4.78 is 18.7. The summed E-state index contributed by atoms with van der Waals surface area (Å²) in [6, 6.07) is 27.9. The number of aliphatic hydroxyl groups is 1. The SMILES string of the molecule is C[C@@H]1OC(COC(=O)c2ccccc2)[C@H](O)[C@H](O[Si](c2ccccc2)(c2ccccc2)C(C)(C)C)C1N=[N+]=[N-]. The molecule has 0 saturated carbocycles. The molecule has 9 heteroatoms. The summed E-state index contributed by atoms with van der Waals surface area (Å²) in [6.07, 6.45) is -3.59. The van der Waals surface area contributed by atoms with E-state index >= 15 is 0 Å². The maximum atomic E-state index is 12.6. The average Bonchev–Trinajstić information content (AvgIpc) is 2.94. The van der Waals surface area contributed by atoms with Crippen LogP contribution in [0.5, 0.6) is 0 Å². The first-order valence-corrected chi connectivity index (χ1v) is 15.0. The molecule has 8 nitrogen and oxygen atoms in total. The number of azide groups is 1. The zero-order valence-corrected chi connectivity index (χ0v) is 23.7. The molecule has 1 N–H and O–H groups in total. The zero-order chi connectivity index (χ0) is 28.0. The van der Waals surface area contributed by atoms with Gasteiger partial charge in [-0.2, -0.15) is 0 Å². The number of carbonyl (C=O) groups excluding carboxylic acids is 1. The lowest BCUT2D eigenvalue weighted by atomic mass is 9.94. The normalized spacial score (nSPS) is 23.5. The highest BCUT2D eigenvalue weighted by Crippen LogP contribution is 2.40. The molecule has 39 heavy (non-hydrogen) atoms. The molecule has 1 saturated heterocycles. The Hall–Kier alpha value is -3.46. The quantitative estimate of drug-likeness (QED) is 0.146. The van der Waals surface area contributed by atoms with Crippen LogP contribution in [0, 0.1) is 0 Å². The molecule has 5 atom stereocenters. The minimum atomic E-state index is -3.11. The van der Waals surface area contributed by atoms with Gasteiger partial charge in [-0.1, -0.05) is 105 Å². The molecule has 0 aliphatic carbocycles. The van der Waals surface area contributed by atoms with Gasteiger partial charge in [-0.25, -0.2) is 4.79 Å². The van der Waals surface area contributed by atoms with Gasteiger partial charge in [0.2, 0.25) is 0 Å². The van der Waals surface area contributed by atoms with E-state index in [1.807, 2.05) is 42.5 Å². The van der Waals surface area contributed by atoms with Gasteiger partial charge in [0.25, 0.3) is 8.32 Å². The molecule has 0 spiro atoms. The van der Waals surface area contributed by atoms with E-state index in [1.165, 1.54) is 0 Å². The second-order valence-corrected chi connectivity index (χ2v) is 15.0. The van der Waals surface area contributed by atoms with E-state index in [9.17, 15) is 15.4 Å². The predicted octanol–water partition coefficient (Wildman–Crippen LogP) is 4.62. The highest BCUT2D eigenvalue weighted by molar-refractivity contribution is 6.99. The van der Waals surface area contributed by atoms with Crippen molar-refractivity contribution in [1.29, 1.82) is 0 Å². The number of hydrogen-bond acceptors (Lipinski definition) is 6. The van der Waals surface area contributed by atoms with Gasteiger partial charge in [0, 0.05) is 4.91 Å². The van der Waals surface area contributed by atoms with Crippen LogP contribution >= 0.6 is 0 Å². The molecule has 3 aromatic carbocycles. The summed E-state index contributed by atoms with van der Waals surface area (Å²) in [5, 5.41) is 17.4. The fourth-order valence-corrected chi connectivity index (χ4v) is 10.0. The molecule has 0 bridgehead atoms. The first-order chi connectivity index (χ1) is 18.7. The number of esters is 1. The van der Waals surface area contributed by atoms with E-state index in [0.717, 1.165) is 10.4 Å². The van der Waals surface area contributed by atoms with Crippen molar-refractivity contribution in [3.8, 4) is 0 Å². The van der Waals surface area contributed by atoms with E-state index in [0.29, 0.717) is 5.56 Å². The highest BCUT2D eigenvalue weighted by atomic mass is 28.4. The molecule has 204 valence electrons. The Morgan fingerprint density at radius 1 is 0.974 bits per heavy atom. The van der Waals surface area contributed by atoms with Crippen molar-refractivity contribution >= 4 is 24.7 Å². The van der Waals surface area contributed by atoms with Gasteiger partial charge in [0.15, 0.2) is 0 Å². The number of hydrogen-bond donors (Lipinski definition) is 1. The van der Waals surface area contributed by atoms with Gasteiger partial charge < -0.3 is 19.0 Å². The van der Waals surface area contributed by atoms with Crippen molar-refractivity contribution in [2.75, 3.05) is 6.61 Å². The number of benzene rings is 3. The molecule has 1 fully saturated rings. The van der Waals surface area contributed by atoms with Gasteiger partial charge in [0.1, 0.15) is 18.8 Å². The maximum absolute atomic E-state index is 12.6. The van der Waals surface area contributed by atoms with Gasteiger partial charge >= 0.3 is 5.97 Å². The van der Waals surface area contributed by atoms with Crippen LogP contribution < -0.4 is 10.4 Å². The van der Waals surface area contributed by atoms with Crippen LogP contribution in [-0.4, -0.2) is 56.5 Å². The first-order valence-electron chi connectivity index (χ1n) is 13.1. The lowest BCUT2D eigenvalue weighted by molar-refractivity contribution is -0.179. The molecular formula is C30H35N3O5Si. The summed E-state index contributed by atoms with van der Waals surface area (Å²) >= 11 is 0. The minimum Gasteiger partial charge on any atom is -0.459 e. The second kappa shape index (κ2) is 12.2. The molecule has 3 aromatic rings. The van der Waals surface area contributed by atoms with E-state index in [1.54, 1.807) is 31.2 Å². The molecule has 1 aliphatic rings. The van der Waals surface area contributed by atoms with Crippen molar-refractivity contribution in [3.63, 3.8) is 0 Å². The van der Waals surface area contributed by atoms with E-state index in [4.69, 9.17) is 13.9 Å². The Balaban J connectivity index is 1.74. The monoisotopic (exact) mass is 545 g/mol. The van der Waals surface area contributed by atoms with Crippen LogP contribution in [0.25, 0.3) is 10.4 Å². The molecular weight excluding hydrogens is 510 g/mol. The van der Waals surface area contributed by atoms with Crippen LogP contribution in [0.3, 0.4) is 0 Å². The Labute approximate surface area is 230 Å². The van der Waals surface area contributed by atoms with E-state index in [-0.39, 0.29) is 11.6 Å². The molecule has 1 aliphatic heterocycles. The number of nitrogens with zero attached hydrogens (tertiary/aromatic N) is 3. The fraction of sp³-hybridized carbons (Fsp3) is 0.367. The number of carbonyl (C=O) groups is 1. The van der Waals surface area contributed by atoms with E-state index in [2.05, 4.69) is 55.1 Å². The highest BCUT2D eigenvalue weighted by Gasteiger charge is 2.55. The average molecular weight is 546 g/mol. The topological polar surface area (TPSA) is 114 Å². The first kappa shape index (κ1) is 28.5. The Morgan fingerprint density at radius 2 is 1.49 bits per heavy atom.